The van der Waals surface area contributed by atoms with Crippen LogP contribution < -0.4 is 11.1 Å². The SMILES string of the molecule is C[N+](C)(C)C(O)CNCCN. The number of likely N-dealkylation sites (N-methyl/N-ethyl adjacent to an activating group) is 1. The molecule has 0 aromatic rings. The maximum Gasteiger partial charge on any atom is 0.202 e. The fourth-order valence-electron chi connectivity index (χ4n) is 0.607. The van der Waals surface area contributed by atoms with Crippen molar-refractivity contribution in [1.82, 2.24) is 5.32 Å². The molecule has 0 spiro atoms. The van der Waals surface area contributed by atoms with E-state index in [2.05, 4.69) is 5.32 Å². The van der Waals surface area contributed by atoms with Crippen molar-refractivity contribution in [2.45, 2.75) is 6.23 Å². The summed E-state index contributed by atoms with van der Waals surface area (Å²) >= 11 is 0. The first kappa shape index (κ1) is 10.8. The Labute approximate surface area is 68.6 Å². The number of nitrogens with zero attached hydrogens (tertiary/aromatic N) is 1. The minimum atomic E-state index is -0.360. The molecular weight excluding hydrogens is 142 g/mol. The molecule has 0 amide bonds. The van der Waals surface area contributed by atoms with E-state index in [-0.39, 0.29) is 6.23 Å². The first-order valence-electron chi connectivity index (χ1n) is 3.88. The molecule has 1 atom stereocenters. The van der Waals surface area contributed by atoms with Crippen molar-refractivity contribution < 1.29 is 9.59 Å². The number of hydrogen-bond donors (Lipinski definition) is 3. The highest BCUT2D eigenvalue weighted by Crippen LogP contribution is 1.96. The van der Waals surface area contributed by atoms with Gasteiger partial charge in [0.1, 0.15) is 0 Å². The van der Waals surface area contributed by atoms with Crippen LogP contribution in [0, 0.1) is 0 Å². The Morgan fingerprint density at radius 3 is 2.36 bits per heavy atom. The summed E-state index contributed by atoms with van der Waals surface area (Å²) < 4.78 is 0.553. The summed E-state index contributed by atoms with van der Waals surface area (Å²) in [6, 6.07) is 0. The molecule has 0 rings (SSSR count). The van der Waals surface area contributed by atoms with Crippen LogP contribution in [0.25, 0.3) is 0 Å². The summed E-state index contributed by atoms with van der Waals surface area (Å²) in [5.74, 6) is 0. The number of nitrogens with one attached hydrogen (secondary N) is 1. The molecule has 0 aliphatic carbocycles. The molecule has 0 radical (unpaired) electrons. The van der Waals surface area contributed by atoms with Crippen LogP contribution in [0.5, 0.6) is 0 Å². The molecule has 0 aliphatic rings. The maximum atomic E-state index is 9.48. The standard InChI is InChI=1S/C7H20N3O/c1-10(2,3)7(11)6-9-5-4-8/h7,9,11H,4-6,8H2,1-3H3/q+1. The third-order valence-electron chi connectivity index (χ3n) is 1.54. The van der Waals surface area contributed by atoms with Gasteiger partial charge in [-0.25, -0.2) is 0 Å². The average molecular weight is 162 g/mol. The van der Waals surface area contributed by atoms with Gasteiger partial charge in [-0.3, -0.25) is 0 Å². The lowest BCUT2D eigenvalue weighted by atomic mass is 10.4. The molecule has 0 saturated heterocycles. The summed E-state index contributed by atoms with van der Waals surface area (Å²) in [5.41, 5.74) is 5.27. The lowest BCUT2D eigenvalue weighted by molar-refractivity contribution is -0.917. The van der Waals surface area contributed by atoms with Gasteiger partial charge in [0.2, 0.25) is 6.23 Å². The molecule has 4 N–H and O–H groups in total. The summed E-state index contributed by atoms with van der Waals surface area (Å²) in [6.45, 7) is 1.97. The molecule has 0 saturated carbocycles. The fourth-order valence-corrected chi connectivity index (χ4v) is 0.607. The first-order chi connectivity index (χ1) is 4.98. The molecule has 0 aliphatic heterocycles. The molecule has 4 heteroatoms. The minimum Gasteiger partial charge on any atom is -0.344 e. The van der Waals surface area contributed by atoms with Crippen LogP contribution in [-0.2, 0) is 0 Å². The average Bonchev–Trinajstić information content (AvgIpc) is 1.86. The van der Waals surface area contributed by atoms with Crippen molar-refractivity contribution in [3.63, 3.8) is 0 Å². The molecule has 1 unspecified atom stereocenters. The van der Waals surface area contributed by atoms with Crippen LogP contribution >= 0.6 is 0 Å². The van der Waals surface area contributed by atoms with E-state index in [1.54, 1.807) is 0 Å². The van der Waals surface area contributed by atoms with E-state index in [4.69, 9.17) is 5.73 Å². The topological polar surface area (TPSA) is 58.3 Å². The van der Waals surface area contributed by atoms with E-state index in [1.165, 1.54) is 0 Å². The normalized spacial score (nSPS) is 15.0. The third-order valence-corrected chi connectivity index (χ3v) is 1.54. The molecular formula is C7H20N3O+. The predicted molar refractivity (Wildman–Crippen MR) is 46.0 cm³/mol. The van der Waals surface area contributed by atoms with Crippen molar-refractivity contribution in [2.24, 2.45) is 5.73 Å². The van der Waals surface area contributed by atoms with E-state index in [1.807, 2.05) is 21.1 Å². The number of nitrogens with two attached hydrogens (primary N) is 1. The number of aliphatic hydroxyl groups excluding tert-OH is 1. The van der Waals surface area contributed by atoms with Gasteiger partial charge in [-0.2, -0.15) is 0 Å². The van der Waals surface area contributed by atoms with E-state index in [0.29, 0.717) is 17.6 Å². The van der Waals surface area contributed by atoms with Crippen LogP contribution in [0.15, 0.2) is 0 Å². The Hall–Kier alpha value is -0.160. The Balaban J connectivity index is 3.44. The highest BCUT2D eigenvalue weighted by Gasteiger charge is 2.18. The number of quaternary nitrogens is 1. The number of rotatable bonds is 5. The van der Waals surface area contributed by atoms with Crippen LogP contribution in [0.3, 0.4) is 0 Å². The van der Waals surface area contributed by atoms with Gasteiger partial charge in [0.05, 0.1) is 27.7 Å². The van der Waals surface area contributed by atoms with E-state index in [9.17, 15) is 5.11 Å². The van der Waals surface area contributed by atoms with Gasteiger partial charge in [-0.15, -0.1) is 0 Å². The maximum absolute atomic E-state index is 9.48. The summed E-state index contributed by atoms with van der Waals surface area (Å²) in [6.07, 6.45) is -0.360. The van der Waals surface area contributed by atoms with Crippen LogP contribution in [-0.4, -0.2) is 56.6 Å². The summed E-state index contributed by atoms with van der Waals surface area (Å²) in [4.78, 5) is 0. The first-order valence-corrected chi connectivity index (χ1v) is 3.88. The molecule has 11 heavy (non-hydrogen) atoms. The number of hydrogen-bond acceptors (Lipinski definition) is 3. The van der Waals surface area contributed by atoms with E-state index < -0.39 is 0 Å². The van der Waals surface area contributed by atoms with Crippen molar-refractivity contribution in [2.75, 3.05) is 40.8 Å². The van der Waals surface area contributed by atoms with Gasteiger partial charge in [0.25, 0.3) is 0 Å². The van der Waals surface area contributed by atoms with Gasteiger partial charge < -0.3 is 20.6 Å². The van der Waals surface area contributed by atoms with E-state index in [0.717, 1.165) is 6.54 Å². The third kappa shape index (κ3) is 5.15. The Morgan fingerprint density at radius 2 is 2.00 bits per heavy atom. The molecule has 0 bridgehead atoms. The number of aliphatic hydroxyl groups is 1. The zero-order valence-corrected chi connectivity index (χ0v) is 7.67. The second-order valence-electron chi connectivity index (χ2n) is 3.59. The zero-order valence-electron chi connectivity index (χ0n) is 7.67. The molecule has 4 nitrogen and oxygen atoms in total. The second-order valence-corrected chi connectivity index (χ2v) is 3.59. The van der Waals surface area contributed by atoms with Gasteiger partial charge in [0.15, 0.2) is 0 Å². The highest BCUT2D eigenvalue weighted by molar-refractivity contribution is 4.49. The molecule has 0 aromatic carbocycles. The quantitative estimate of drug-likeness (QED) is 0.264. The van der Waals surface area contributed by atoms with Crippen molar-refractivity contribution >= 4 is 0 Å². The predicted octanol–water partition coefficient (Wildman–Crippen LogP) is -1.44. The van der Waals surface area contributed by atoms with Crippen molar-refractivity contribution in [1.29, 1.82) is 0 Å². The monoisotopic (exact) mass is 162 g/mol. The van der Waals surface area contributed by atoms with Crippen LogP contribution in [0.4, 0.5) is 0 Å². The zero-order chi connectivity index (χ0) is 8.91. The van der Waals surface area contributed by atoms with Crippen LogP contribution in [0.1, 0.15) is 0 Å². The Morgan fingerprint density at radius 1 is 1.45 bits per heavy atom. The molecule has 0 fully saturated rings. The summed E-state index contributed by atoms with van der Waals surface area (Å²) in [5, 5.41) is 12.5. The summed E-state index contributed by atoms with van der Waals surface area (Å²) in [7, 11) is 5.86. The van der Waals surface area contributed by atoms with E-state index >= 15 is 0 Å². The molecule has 68 valence electrons. The van der Waals surface area contributed by atoms with Gasteiger partial charge in [-0.05, 0) is 0 Å². The fraction of sp³-hybridized carbons (Fsp3) is 1.00. The second kappa shape index (κ2) is 4.66. The van der Waals surface area contributed by atoms with Gasteiger partial charge in [0, 0.05) is 13.1 Å². The lowest BCUT2D eigenvalue weighted by Crippen LogP contribution is -2.50. The molecule has 0 heterocycles. The minimum absolute atomic E-state index is 0.360. The van der Waals surface area contributed by atoms with Crippen molar-refractivity contribution in [3.8, 4) is 0 Å². The van der Waals surface area contributed by atoms with Crippen molar-refractivity contribution in [3.05, 3.63) is 0 Å². The Kier molecular flexibility index (Phi) is 4.60. The Bertz CT molecular complexity index is 100. The smallest absolute Gasteiger partial charge is 0.202 e. The lowest BCUT2D eigenvalue weighted by Gasteiger charge is -2.29. The molecule has 0 aromatic heterocycles. The van der Waals surface area contributed by atoms with Gasteiger partial charge >= 0.3 is 0 Å². The van der Waals surface area contributed by atoms with Crippen LogP contribution in [0.2, 0.25) is 0 Å². The largest absolute Gasteiger partial charge is 0.344 e. The van der Waals surface area contributed by atoms with Gasteiger partial charge in [-0.1, -0.05) is 0 Å². The highest BCUT2D eigenvalue weighted by atomic mass is 16.3.